The second kappa shape index (κ2) is 7.16. The Bertz CT molecular complexity index is 425. The lowest BCUT2D eigenvalue weighted by Crippen LogP contribution is -2.38. The van der Waals surface area contributed by atoms with Crippen LogP contribution in [-0.4, -0.2) is 13.1 Å². The first-order valence-electron chi connectivity index (χ1n) is 7.80. The topological polar surface area (TPSA) is 12.0 Å². The van der Waals surface area contributed by atoms with Crippen LogP contribution in [0.25, 0.3) is 0 Å². The van der Waals surface area contributed by atoms with Gasteiger partial charge in [0.05, 0.1) is 0 Å². The van der Waals surface area contributed by atoms with E-state index in [0.29, 0.717) is 12.0 Å². The minimum atomic E-state index is -0.727. The molecule has 0 amide bonds. The number of benzene rings is 1. The van der Waals surface area contributed by atoms with Crippen LogP contribution in [0.15, 0.2) is 18.2 Å². The predicted octanol–water partition coefficient (Wildman–Crippen LogP) is 4.46. The Kier molecular flexibility index (Phi) is 5.53. The maximum Gasteiger partial charge on any atom is 0.162 e. The molecule has 1 aliphatic rings. The first kappa shape index (κ1) is 15.4. The molecular weight excluding hydrogens is 256 g/mol. The summed E-state index contributed by atoms with van der Waals surface area (Å²) in [6.45, 7) is 4.05. The summed E-state index contributed by atoms with van der Waals surface area (Å²) in [6.07, 6.45) is 7.63. The van der Waals surface area contributed by atoms with Crippen molar-refractivity contribution in [2.24, 2.45) is 5.41 Å². The van der Waals surface area contributed by atoms with Crippen LogP contribution < -0.4 is 5.32 Å². The van der Waals surface area contributed by atoms with Crippen LogP contribution in [0.2, 0.25) is 0 Å². The zero-order valence-electron chi connectivity index (χ0n) is 12.4. The van der Waals surface area contributed by atoms with Gasteiger partial charge in [-0.15, -0.1) is 0 Å². The van der Waals surface area contributed by atoms with Crippen LogP contribution in [0.5, 0.6) is 0 Å². The maximum atomic E-state index is 13.9. The van der Waals surface area contributed by atoms with E-state index in [2.05, 4.69) is 12.2 Å². The van der Waals surface area contributed by atoms with E-state index < -0.39 is 11.6 Å². The van der Waals surface area contributed by atoms with Crippen molar-refractivity contribution in [2.45, 2.75) is 51.9 Å². The lowest BCUT2D eigenvalue weighted by atomic mass is 9.70. The molecule has 0 bridgehead atoms. The van der Waals surface area contributed by atoms with E-state index in [1.807, 2.05) is 0 Å². The minimum Gasteiger partial charge on any atom is -0.316 e. The van der Waals surface area contributed by atoms with Crippen molar-refractivity contribution >= 4 is 0 Å². The number of nitrogens with one attached hydrogen (secondary N) is 1. The van der Waals surface area contributed by atoms with Crippen LogP contribution in [0.3, 0.4) is 0 Å². The van der Waals surface area contributed by atoms with E-state index >= 15 is 0 Å². The molecule has 0 spiro atoms. The molecule has 3 heteroatoms. The molecule has 0 saturated heterocycles. The Balaban J connectivity index is 2.12. The average Bonchev–Trinajstić information content (AvgIpc) is 2.45. The van der Waals surface area contributed by atoms with Gasteiger partial charge in [-0.3, -0.25) is 0 Å². The molecule has 1 aromatic rings. The van der Waals surface area contributed by atoms with Crippen LogP contribution in [-0.2, 0) is 6.42 Å². The molecule has 0 aromatic heterocycles. The van der Waals surface area contributed by atoms with Gasteiger partial charge in [0, 0.05) is 6.54 Å². The summed E-state index contributed by atoms with van der Waals surface area (Å²) in [4.78, 5) is 0. The van der Waals surface area contributed by atoms with Gasteiger partial charge in [-0.05, 0) is 49.3 Å². The molecule has 1 fully saturated rings. The van der Waals surface area contributed by atoms with Crippen LogP contribution in [0, 0.1) is 17.0 Å². The van der Waals surface area contributed by atoms with Crippen molar-refractivity contribution in [2.75, 3.05) is 13.1 Å². The second-order valence-corrected chi connectivity index (χ2v) is 6.13. The number of rotatable bonds is 6. The van der Waals surface area contributed by atoms with Crippen LogP contribution >= 0.6 is 0 Å². The summed E-state index contributed by atoms with van der Waals surface area (Å²) in [5.41, 5.74) is 0.632. The second-order valence-electron chi connectivity index (χ2n) is 6.13. The Morgan fingerprint density at radius 1 is 1.15 bits per heavy atom. The fraction of sp³-hybridized carbons (Fsp3) is 0.647. The highest BCUT2D eigenvalue weighted by Crippen LogP contribution is 2.39. The zero-order valence-corrected chi connectivity index (χ0v) is 12.4. The molecule has 1 N–H and O–H groups in total. The van der Waals surface area contributed by atoms with Gasteiger partial charge < -0.3 is 5.32 Å². The van der Waals surface area contributed by atoms with Crippen molar-refractivity contribution in [1.29, 1.82) is 0 Å². The van der Waals surface area contributed by atoms with Gasteiger partial charge in [0.15, 0.2) is 11.6 Å². The molecule has 0 unspecified atom stereocenters. The fourth-order valence-electron chi connectivity index (χ4n) is 3.34. The summed E-state index contributed by atoms with van der Waals surface area (Å²) in [5, 5.41) is 3.48. The monoisotopic (exact) mass is 281 g/mol. The lowest BCUT2D eigenvalue weighted by Gasteiger charge is -2.38. The van der Waals surface area contributed by atoms with Gasteiger partial charge in [-0.2, -0.15) is 0 Å². The normalized spacial score (nSPS) is 18.1. The predicted molar refractivity (Wildman–Crippen MR) is 78.7 cm³/mol. The highest BCUT2D eigenvalue weighted by Gasteiger charge is 2.32. The summed E-state index contributed by atoms with van der Waals surface area (Å²) < 4.78 is 27.3. The molecule has 0 aliphatic heterocycles. The Morgan fingerprint density at radius 2 is 1.90 bits per heavy atom. The van der Waals surface area contributed by atoms with Crippen molar-refractivity contribution in [1.82, 2.24) is 5.32 Å². The molecule has 0 heterocycles. The molecule has 2 rings (SSSR count). The molecule has 0 atom stereocenters. The average molecular weight is 281 g/mol. The molecule has 1 aliphatic carbocycles. The van der Waals surface area contributed by atoms with Crippen molar-refractivity contribution in [3.05, 3.63) is 35.4 Å². The maximum absolute atomic E-state index is 13.9. The van der Waals surface area contributed by atoms with Crippen LogP contribution in [0.4, 0.5) is 8.78 Å². The SMILES string of the molecule is CCCNCC1(Cc2cccc(F)c2F)CCCCC1. The van der Waals surface area contributed by atoms with Gasteiger partial charge in [0.2, 0.25) is 0 Å². The molecule has 0 radical (unpaired) electrons. The standard InChI is InChI=1S/C17H25F2N/c1-2-11-20-13-17(9-4-3-5-10-17)12-14-7-6-8-15(18)16(14)19/h6-8,20H,2-5,9-13H2,1H3. The van der Waals surface area contributed by atoms with E-state index in [4.69, 9.17) is 0 Å². The summed E-state index contributed by atoms with van der Waals surface area (Å²) >= 11 is 0. The first-order chi connectivity index (χ1) is 9.67. The molecular formula is C17H25F2N. The molecule has 112 valence electrons. The summed E-state index contributed by atoms with van der Waals surface area (Å²) in [7, 11) is 0. The summed E-state index contributed by atoms with van der Waals surface area (Å²) in [5.74, 6) is -1.39. The van der Waals surface area contributed by atoms with Crippen LogP contribution in [0.1, 0.15) is 51.0 Å². The third kappa shape index (κ3) is 3.78. The molecule has 20 heavy (non-hydrogen) atoms. The van der Waals surface area contributed by atoms with Gasteiger partial charge in [0.1, 0.15) is 0 Å². The van der Waals surface area contributed by atoms with Gasteiger partial charge in [-0.1, -0.05) is 38.3 Å². The Morgan fingerprint density at radius 3 is 2.60 bits per heavy atom. The smallest absolute Gasteiger partial charge is 0.162 e. The Hall–Kier alpha value is -0.960. The molecule has 1 aromatic carbocycles. The minimum absolute atomic E-state index is 0.0993. The molecule has 1 nitrogen and oxygen atoms in total. The third-order valence-corrected chi connectivity index (χ3v) is 4.44. The van der Waals surface area contributed by atoms with Gasteiger partial charge in [-0.25, -0.2) is 8.78 Å². The van der Waals surface area contributed by atoms with E-state index in [0.717, 1.165) is 32.4 Å². The number of hydrogen-bond donors (Lipinski definition) is 1. The lowest BCUT2D eigenvalue weighted by molar-refractivity contribution is 0.179. The van der Waals surface area contributed by atoms with E-state index in [-0.39, 0.29) is 5.41 Å². The number of halogens is 2. The summed E-state index contributed by atoms with van der Waals surface area (Å²) in [6, 6.07) is 4.54. The largest absolute Gasteiger partial charge is 0.316 e. The van der Waals surface area contributed by atoms with Crippen molar-refractivity contribution < 1.29 is 8.78 Å². The highest BCUT2D eigenvalue weighted by molar-refractivity contribution is 5.21. The first-order valence-corrected chi connectivity index (χ1v) is 7.80. The molecule has 1 saturated carbocycles. The van der Waals surface area contributed by atoms with Crippen molar-refractivity contribution in [3.8, 4) is 0 Å². The number of hydrogen-bond acceptors (Lipinski definition) is 1. The highest BCUT2D eigenvalue weighted by atomic mass is 19.2. The quantitative estimate of drug-likeness (QED) is 0.759. The van der Waals surface area contributed by atoms with E-state index in [9.17, 15) is 8.78 Å². The van der Waals surface area contributed by atoms with E-state index in [1.165, 1.54) is 25.3 Å². The van der Waals surface area contributed by atoms with Gasteiger partial charge >= 0.3 is 0 Å². The zero-order chi connectivity index (χ0) is 14.4. The van der Waals surface area contributed by atoms with Gasteiger partial charge in [0.25, 0.3) is 0 Å². The van der Waals surface area contributed by atoms with Crippen molar-refractivity contribution in [3.63, 3.8) is 0 Å². The third-order valence-electron chi connectivity index (χ3n) is 4.44. The van der Waals surface area contributed by atoms with E-state index in [1.54, 1.807) is 12.1 Å². The fourth-order valence-corrected chi connectivity index (χ4v) is 3.34. The Labute approximate surface area is 120 Å².